The van der Waals surface area contributed by atoms with Gasteiger partial charge >= 0.3 is 0 Å². The van der Waals surface area contributed by atoms with E-state index in [4.69, 9.17) is 5.73 Å². The summed E-state index contributed by atoms with van der Waals surface area (Å²) in [6.07, 6.45) is 3.43. The molecular weight excluding hydrogens is 345 g/mol. The van der Waals surface area contributed by atoms with Crippen LogP contribution in [0.5, 0.6) is 0 Å². The highest BCUT2D eigenvalue weighted by molar-refractivity contribution is 7.98. The number of halogens is 2. The summed E-state index contributed by atoms with van der Waals surface area (Å²) < 4.78 is 0. The van der Waals surface area contributed by atoms with Crippen LogP contribution >= 0.6 is 36.6 Å². The number of carbonyl (C=O) groups is 1. The Morgan fingerprint density at radius 2 is 2.05 bits per heavy atom. The first-order valence-electron chi connectivity index (χ1n) is 7.45. The number of nitrogens with zero attached hydrogens (tertiary/aromatic N) is 2. The highest BCUT2D eigenvalue weighted by Gasteiger charge is 2.30. The summed E-state index contributed by atoms with van der Waals surface area (Å²) in [5.74, 6) is 1.00. The highest BCUT2D eigenvalue weighted by Crippen LogP contribution is 2.15. The molecule has 0 spiro atoms. The molecule has 5 nitrogen and oxygen atoms in total. The van der Waals surface area contributed by atoms with Crippen LogP contribution in [0.3, 0.4) is 0 Å². The lowest BCUT2D eigenvalue weighted by Crippen LogP contribution is -2.58. The quantitative estimate of drug-likeness (QED) is 0.699. The molecule has 3 atom stereocenters. The summed E-state index contributed by atoms with van der Waals surface area (Å²) in [5.41, 5.74) is 5.98. The minimum absolute atomic E-state index is 0. The van der Waals surface area contributed by atoms with Gasteiger partial charge in [-0.05, 0) is 31.8 Å². The van der Waals surface area contributed by atoms with Gasteiger partial charge in [-0.3, -0.25) is 9.69 Å². The number of β-amino-alcohol motifs (C(OH)–C–C–N with tert-alkyl or cyclic N) is 1. The van der Waals surface area contributed by atoms with Crippen LogP contribution in [0.15, 0.2) is 0 Å². The molecule has 1 aliphatic rings. The van der Waals surface area contributed by atoms with Gasteiger partial charge in [0.15, 0.2) is 0 Å². The van der Waals surface area contributed by atoms with Crippen LogP contribution in [0.25, 0.3) is 0 Å². The Hall–Kier alpha value is 0.280. The van der Waals surface area contributed by atoms with E-state index in [2.05, 4.69) is 11.8 Å². The van der Waals surface area contributed by atoms with Crippen LogP contribution in [0.1, 0.15) is 26.7 Å². The number of carbonyl (C=O) groups excluding carboxylic acids is 1. The van der Waals surface area contributed by atoms with Crippen LogP contribution in [0, 0.1) is 0 Å². The van der Waals surface area contributed by atoms with Gasteiger partial charge in [-0.15, -0.1) is 24.8 Å². The molecule has 22 heavy (non-hydrogen) atoms. The molecule has 0 aliphatic carbocycles. The first kappa shape index (κ1) is 24.5. The Bertz CT molecular complexity index is 312. The van der Waals surface area contributed by atoms with E-state index in [1.165, 1.54) is 0 Å². The Morgan fingerprint density at radius 1 is 1.41 bits per heavy atom. The Labute approximate surface area is 151 Å². The van der Waals surface area contributed by atoms with Gasteiger partial charge in [0, 0.05) is 32.2 Å². The molecular formula is C14H31Cl2N3O2S. The fraction of sp³-hybridized carbons (Fsp3) is 0.929. The van der Waals surface area contributed by atoms with Crippen LogP contribution in [0.2, 0.25) is 0 Å². The molecule has 1 fully saturated rings. The molecule has 3 N–H and O–H groups in total. The van der Waals surface area contributed by atoms with E-state index < -0.39 is 0 Å². The van der Waals surface area contributed by atoms with Crippen LogP contribution < -0.4 is 5.73 Å². The summed E-state index contributed by atoms with van der Waals surface area (Å²) in [6.45, 7) is 6.89. The molecule has 0 aromatic rings. The number of rotatable bonds is 7. The predicted molar refractivity (Wildman–Crippen MR) is 99.4 cm³/mol. The second kappa shape index (κ2) is 12.7. The van der Waals surface area contributed by atoms with Gasteiger partial charge in [0.25, 0.3) is 0 Å². The molecule has 0 aromatic carbocycles. The van der Waals surface area contributed by atoms with Gasteiger partial charge in [0.2, 0.25) is 5.91 Å². The number of nitrogens with two attached hydrogens (primary N) is 1. The second-order valence-corrected chi connectivity index (χ2v) is 6.56. The summed E-state index contributed by atoms with van der Waals surface area (Å²) >= 11 is 1.72. The maximum atomic E-state index is 12.3. The minimum Gasteiger partial charge on any atom is -0.392 e. The van der Waals surface area contributed by atoms with Crippen molar-refractivity contribution in [1.29, 1.82) is 0 Å². The molecule has 0 bridgehead atoms. The van der Waals surface area contributed by atoms with Gasteiger partial charge in [-0.1, -0.05) is 6.92 Å². The Morgan fingerprint density at radius 3 is 2.55 bits per heavy atom. The fourth-order valence-electron chi connectivity index (χ4n) is 2.66. The van der Waals surface area contributed by atoms with Crippen LogP contribution in [0.4, 0.5) is 0 Å². The van der Waals surface area contributed by atoms with Crippen LogP contribution in [-0.2, 0) is 4.79 Å². The van der Waals surface area contributed by atoms with Crippen molar-refractivity contribution in [3.05, 3.63) is 0 Å². The van der Waals surface area contributed by atoms with Gasteiger partial charge in [0.05, 0.1) is 12.1 Å². The van der Waals surface area contributed by atoms with Crippen molar-refractivity contribution in [3.8, 4) is 0 Å². The Balaban J connectivity index is 0. The zero-order chi connectivity index (χ0) is 15.1. The minimum atomic E-state index is -0.372. The molecule has 1 amide bonds. The lowest BCUT2D eigenvalue weighted by atomic mass is 10.1. The third kappa shape index (κ3) is 7.70. The highest BCUT2D eigenvalue weighted by atomic mass is 35.5. The topological polar surface area (TPSA) is 69.8 Å². The molecule has 1 heterocycles. The number of piperazine rings is 1. The number of aliphatic hydroxyl groups excluding tert-OH is 1. The number of thioether (sulfide) groups is 1. The number of hydrogen-bond acceptors (Lipinski definition) is 5. The Kier molecular flexibility index (Phi) is 14.1. The molecule has 8 heteroatoms. The monoisotopic (exact) mass is 375 g/mol. The fourth-order valence-corrected chi connectivity index (χ4v) is 3.15. The van der Waals surface area contributed by atoms with Crippen molar-refractivity contribution in [2.45, 2.75) is 44.9 Å². The third-order valence-electron chi connectivity index (χ3n) is 3.84. The first-order valence-corrected chi connectivity index (χ1v) is 8.84. The summed E-state index contributed by atoms with van der Waals surface area (Å²) in [7, 11) is 0. The van der Waals surface area contributed by atoms with E-state index in [-0.39, 0.29) is 42.9 Å². The lowest BCUT2D eigenvalue weighted by molar-refractivity contribution is -0.136. The van der Waals surface area contributed by atoms with Gasteiger partial charge < -0.3 is 15.7 Å². The largest absolute Gasteiger partial charge is 0.392 e. The van der Waals surface area contributed by atoms with Crippen molar-refractivity contribution >= 4 is 42.5 Å². The van der Waals surface area contributed by atoms with E-state index in [0.717, 1.165) is 38.2 Å². The summed E-state index contributed by atoms with van der Waals surface area (Å²) in [4.78, 5) is 16.5. The van der Waals surface area contributed by atoms with E-state index >= 15 is 0 Å². The van der Waals surface area contributed by atoms with Crippen molar-refractivity contribution in [2.24, 2.45) is 5.73 Å². The standard InChI is InChI=1S/C14H29N3O2S.2ClH/c1-4-12-10-17(7-6-16(12)9-11(2)18)14(19)13(15)5-8-20-3;;/h11-13,18H,4-10,15H2,1-3H3;2*1H/t11?,12?,13-;;/m0../s1. The van der Waals surface area contributed by atoms with E-state index in [1.54, 1.807) is 11.8 Å². The molecule has 1 aliphatic heterocycles. The van der Waals surface area contributed by atoms with Gasteiger partial charge in [-0.2, -0.15) is 11.8 Å². The maximum absolute atomic E-state index is 12.3. The molecule has 0 aromatic heterocycles. The first-order chi connectivity index (χ1) is 9.49. The lowest BCUT2D eigenvalue weighted by Gasteiger charge is -2.42. The maximum Gasteiger partial charge on any atom is 0.239 e. The molecule has 1 saturated heterocycles. The summed E-state index contributed by atoms with van der Waals surface area (Å²) in [5, 5.41) is 9.53. The normalized spacial score (nSPS) is 21.5. The van der Waals surface area contributed by atoms with Crippen molar-refractivity contribution in [2.75, 3.05) is 38.2 Å². The van der Waals surface area contributed by atoms with Crippen molar-refractivity contribution in [1.82, 2.24) is 9.80 Å². The van der Waals surface area contributed by atoms with E-state index in [0.29, 0.717) is 12.6 Å². The average Bonchev–Trinajstić information content (AvgIpc) is 2.43. The number of amides is 1. The van der Waals surface area contributed by atoms with E-state index in [9.17, 15) is 9.90 Å². The number of aliphatic hydroxyl groups is 1. The molecule has 1 rings (SSSR count). The smallest absolute Gasteiger partial charge is 0.239 e. The van der Waals surface area contributed by atoms with Gasteiger partial charge in [0.1, 0.15) is 0 Å². The molecule has 0 saturated carbocycles. The predicted octanol–water partition coefficient (Wildman–Crippen LogP) is 1.21. The van der Waals surface area contributed by atoms with Crippen molar-refractivity contribution < 1.29 is 9.90 Å². The van der Waals surface area contributed by atoms with Gasteiger partial charge in [-0.25, -0.2) is 0 Å². The molecule has 0 radical (unpaired) electrons. The average molecular weight is 376 g/mol. The zero-order valence-electron chi connectivity index (χ0n) is 13.7. The second-order valence-electron chi connectivity index (χ2n) is 5.58. The summed E-state index contributed by atoms with van der Waals surface area (Å²) in [6, 6.07) is -0.0432. The molecule has 134 valence electrons. The third-order valence-corrected chi connectivity index (χ3v) is 4.48. The van der Waals surface area contributed by atoms with E-state index in [1.807, 2.05) is 18.1 Å². The molecule has 2 unspecified atom stereocenters. The zero-order valence-corrected chi connectivity index (χ0v) is 16.2. The number of hydrogen-bond donors (Lipinski definition) is 2. The van der Waals surface area contributed by atoms with Crippen LogP contribution in [-0.4, -0.2) is 77.2 Å². The SMILES string of the molecule is CCC1CN(C(=O)[C@@H](N)CCSC)CCN1CC(C)O.Cl.Cl. The van der Waals surface area contributed by atoms with Crippen molar-refractivity contribution in [3.63, 3.8) is 0 Å².